The van der Waals surface area contributed by atoms with Gasteiger partial charge in [0.15, 0.2) is 6.26 Å². The summed E-state index contributed by atoms with van der Waals surface area (Å²) in [4.78, 5) is 0. The summed E-state index contributed by atoms with van der Waals surface area (Å²) in [5.74, 6) is 0.546. The zero-order valence-corrected chi connectivity index (χ0v) is 4.05. The number of furan rings is 2. The molecular formula is C6H3O2. The molecule has 2 heterocycles. The van der Waals surface area contributed by atoms with Crippen LogP contribution in [0.3, 0.4) is 0 Å². The summed E-state index contributed by atoms with van der Waals surface area (Å²) in [7, 11) is 0. The van der Waals surface area contributed by atoms with Gasteiger partial charge in [0.2, 0.25) is 0 Å². The molecule has 0 saturated carbocycles. The molecule has 2 aromatic rings. The van der Waals surface area contributed by atoms with E-state index in [0.717, 1.165) is 5.39 Å². The fourth-order valence-electron chi connectivity index (χ4n) is 0.642. The van der Waals surface area contributed by atoms with E-state index < -0.39 is 0 Å². The highest BCUT2D eigenvalue weighted by Crippen LogP contribution is 2.13. The number of hydrogen-bond acceptors (Lipinski definition) is 2. The molecule has 0 fully saturated rings. The molecule has 0 amide bonds. The van der Waals surface area contributed by atoms with Gasteiger partial charge in [-0.15, -0.1) is 0 Å². The van der Waals surface area contributed by atoms with Gasteiger partial charge in [-0.05, 0) is 12.1 Å². The van der Waals surface area contributed by atoms with Gasteiger partial charge in [0.1, 0.15) is 0 Å². The Morgan fingerprint density at radius 2 is 2.50 bits per heavy atom. The average molecular weight is 107 g/mol. The zero-order chi connectivity index (χ0) is 5.40. The van der Waals surface area contributed by atoms with Gasteiger partial charge in [-0.25, -0.2) is 0 Å². The standard InChI is InChI=1S/C6H3O2/c1-3-7-6-5(1)2-4-8-6/h1-3H. The maximum absolute atomic E-state index is 4.86. The van der Waals surface area contributed by atoms with Crippen LogP contribution in [0.2, 0.25) is 0 Å². The Kier molecular flexibility index (Phi) is 0.545. The molecule has 0 aliphatic heterocycles. The van der Waals surface area contributed by atoms with Crippen LogP contribution >= 0.6 is 0 Å². The third-order valence-corrected chi connectivity index (χ3v) is 1.02. The van der Waals surface area contributed by atoms with Gasteiger partial charge >= 0.3 is 0 Å². The molecule has 2 rings (SSSR count). The van der Waals surface area contributed by atoms with Gasteiger partial charge in [0.25, 0.3) is 5.78 Å². The molecule has 0 N–H and O–H groups in total. The van der Waals surface area contributed by atoms with Crippen molar-refractivity contribution >= 4 is 11.2 Å². The second kappa shape index (κ2) is 1.15. The van der Waals surface area contributed by atoms with E-state index in [1.165, 1.54) is 0 Å². The van der Waals surface area contributed by atoms with Crippen LogP contribution in [0.15, 0.2) is 27.2 Å². The summed E-state index contributed by atoms with van der Waals surface area (Å²) in [5, 5.41) is 0.963. The normalized spacial score (nSPS) is 10.5. The molecule has 0 atom stereocenters. The van der Waals surface area contributed by atoms with E-state index in [2.05, 4.69) is 6.26 Å². The minimum absolute atomic E-state index is 0.546. The highest BCUT2D eigenvalue weighted by molar-refractivity contribution is 5.70. The predicted octanol–water partition coefficient (Wildman–Crippen LogP) is 1.83. The lowest BCUT2D eigenvalue weighted by molar-refractivity contribution is 0.473. The highest BCUT2D eigenvalue weighted by Gasteiger charge is 1.95. The lowest BCUT2D eigenvalue weighted by atomic mass is 10.4. The molecule has 2 aromatic heterocycles. The molecule has 0 spiro atoms. The maximum Gasteiger partial charge on any atom is 0.297 e. The van der Waals surface area contributed by atoms with E-state index in [0.29, 0.717) is 5.78 Å². The van der Waals surface area contributed by atoms with Crippen LogP contribution in [-0.4, -0.2) is 0 Å². The summed E-state index contributed by atoms with van der Waals surface area (Å²) >= 11 is 0. The first kappa shape index (κ1) is 3.78. The van der Waals surface area contributed by atoms with E-state index in [4.69, 9.17) is 8.83 Å². The Morgan fingerprint density at radius 1 is 1.50 bits per heavy atom. The summed E-state index contributed by atoms with van der Waals surface area (Å²) in [5.41, 5.74) is 0. The largest absolute Gasteiger partial charge is 0.433 e. The molecule has 0 aliphatic carbocycles. The molecule has 8 heavy (non-hydrogen) atoms. The Balaban J connectivity index is 3.06. The quantitative estimate of drug-likeness (QED) is 0.513. The summed E-state index contributed by atoms with van der Waals surface area (Å²) < 4.78 is 9.63. The van der Waals surface area contributed by atoms with Crippen LogP contribution in [0.4, 0.5) is 0 Å². The molecule has 0 aromatic carbocycles. The van der Waals surface area contributed by atoms with E-state index >= 15 is 0 Å². The van der Waals surface area contributed by atoms with Crippen LogP contribution in [0.25, 0.3) is 11.2 Å². The second-order valence-corrected chi connectivity index (χ2v) is 1.53. The van der Waals surface area contributed by atoms with E-state index in [1.807, 2.05) is 6.07 Å². The average Bonchev–Trinajstić information content (AvgIpc) is 2.15. The molecule has 2 heteroatoms. The lowest BCUT2D eigenvalue weighted by Crippen LogP contribution is -1.38. The van der Waals surface area contributed by atoms with Gasteiger partial charge in [-0.1, -0.05) is 0 Å². The molecule has 39 valence electrons. The molecule has 0 aliphatic rings. The lowest BCUT2D eigenvalue weighted by Gasteiger charge is -1.65. The molecular weight excluding hydrogens is 104 g/mol. The third-order valence-electron chi connectivity index (χ3n) is 1.02. The molecule has 1 radical (unpaired) electrons. The van der Waals surface area contributed by atoms with E-state index in [-0.39, 0.29) is 0 Å². The van der Waals surface area contributed by atoms with Gasteiger partial charge in [0.05, 0.1) is 11.6 Å². The number of rotatable bonds is 0. The smallest absolute Gasteiger partial charge is 0.297 e. The SMILES string of the molecule is [c]1cc2ccoc2o1. The van der Waals surface area contributed by atoms with Crippen molar-refractivity contribution in [3.05, 3.63) is 24.7 Å². The predicted molar refractivity (Wildman–Crippen MR) is 27.3 cm³/mol. The third kappa shape index (κ3) is 0.320. The summed E-state index contributed by atoms with van der Waals surface area (Å²) in [6, 6.07) is 3.56. The van der Waals surface area contributed by atoms with Crippen LogP contribution in [0.1, 0.15) is 0 Å². The van der Waals surface area contributed by atoms with E-state index in [9.17, 15) is 0 Å². The molecule has 2 nitrogen and oxygen atoms in total. The number of fused-ring (bicyclic) bond motifs is 1. The maximum atomic E-state index is 4.86. The Hall–Kier alpha value is -1.18. The first-order valence-electron chi connectivity index (χ1n) is 2.30. The Bertz CT molecular complexity index is 228. The van der Waals surface area contributed by atoms with Crippen molar-refractivity contribution in [2.45, 2.75) is 0 Å². The summed E-state index contributed by atoms with van der Waals surface area (Å²) in [6.07, 6.45) is 4.13. The fraction of sp³-hybridized carbons (Fsp3) is 0. The van der Waals surface area contributed by atoms with Crippen molar-refractivity contribution < 1.29 is 8.83 Å². The van der Waals surface area contributed by atoms with Gasteiger partial charge in [-0.2, -0.15) is 0 Å². The highest BCUT2D eigenvalue weighted by atomic mass is 16.5. The van der Waals surface area contributed by atoms with E-state index in [1.54, 1.807) is 12.3 Å². The van der Waals surface area contributed by atoms with Gasteiger partial charge in [-0.3, -0.25) is 0 Å². The van der Waals surface area contributed by atoms with Crippen molar-refractivity contribution in [2.75, 3.05) is 0 Å². The van der Waals surface area contributed by atoms with Crippen molar-refractivity contribution in [3.8, 4) is 0 Å². The van der Waals surface area contributed by atoms with Crippen molar-refractivity contribution in [1.29, 1.82) is 0 Å². The second-order valence-electron chi connectivity index (χ2n) is 1.53. The Labute approximate surface area is 45.7 Å². The molecule has 0 saturated heterocycles. The number of hydrogen-bond donors (Lipinski definition) is 0. The molecule has 0 bridgehead atoms. The van der Waals surface area contributed by atoms with Gasteiger partial charge in [0, 0.05) is 0 Å². The van der Waals surface area contributed by atoms with Crippen molar-refractivity contribution in [2.24, 2.45) is 0 Å². The van der Waals surface area contributed by atoms with Crippen LogP contribution in [-0.2, 0) is 0 Å². The van der Waals surface area contributed by atoms with Crippen LogP contribution in [0.5, 0.6) is 0 Å². The fourth-order valence-corrected chi connectivity index (χ4v) is 0.642. The first-order valence-corrected chi connectivity index (χ1v) is 2.30. The zero-order valence-electron chi connectivity index (χ0n) is 4.05. The minimum atomic E-state index is 0.546. The van der Waals surface area contributed by atoms with Crippen LogP contribution in [0, 0.1) is 6.26 Å². The molecule has 0 unspecified atom stereocenters. The topological polar surface area (TPSA) is 26.3 Å². The van der Waals surface area contributed by atoms with Gasteiger partial charge < -0.3 is 8.83 Å². The Morgan fingerprint density at radius 3 is 3.38 bits per heavy atom. The van der Waals surface area contributed by atoms with Crippen LogP contribution < -0.4 is 0 Å². The first-order chi connectivity index (χ1) is 3.97. The van der Waals surface area contributed by atoms with Crippen molar-refractivity contribution in [1.82, 2.24) is 0 Å². The summed E-state index contributed by atoms with van der Waals surface area (Å²) in [6.45, 7) is 0. The van der Waals surface area contributed by atoms with Crippen molar-refractivity contribution in [3.63, 3.8) is 0 Å². The monoisotopic (exact) mass is 107 g/mol. The minimum Gasteiger partial charge on any atom is -0.433 e.